The maximum Gasteiger partial charge on any atom is 0.282 e. The quantitative estimate of drug-likeness (QED) is 0.800. The minimum Gasteiger partial charge on any atom is -0.339 e. The van der Waals surface area contributed by atoms with E-state index in [4.69, 9.17) is 0 Å². The van der Waals surface area contributed by atoms with Crippen LogP contribution in [-0.4, -0.2) is 52.4 Å². The zero-order valence-corrected chi connectivity index (χ0v) is 14.7. The predicted octanol–water partition coefficient (Wildman–Crippen LogP) is 2.52. The number of carbonyl (C=O) groups is 1. The molecule has 128 valence electrons. The first-order valence-electron chi connectivity index (χ1n) is 8.07. The Morgan fingerprint density at radius 1 is 1.43 bits per heavy atom. The normalized spacial score (nSPS) is 22.0. The molecule has 1 saturated heterocycles. The molecule has 2 heterocycles. The molecule has 0 radical (unpaired) electrons. The van der Waals surface area contributed by atoms with Gasteiger partial charge in [0.05, 0.1) is 18.1 Å². The molecule has 0 unspecified atom stereocenters. The molecule has 6 heteroatoms. The zero-order chi connectivity index (χ0) is 17.1. The number of imidazole rings is 1. The molecule has 0 aromatic carbocycles. The van der Waals surface area contributed by atoms with E-state index in [1.807, 2.05) is 17.8 Å². The molecular weight excluding hydrogens is 295 g/mol. The van der Waals surface area contributed by atoms with Crippen molar-refractivity contribution in [3.63, 3.8) is 0 Å². The number of aryl methyl sites for hydroxylation is 1. The Kier molecular flexibility index (Phi) is 5.57. The highest BCUT2D eigenvalue weighted by Crippen LogP contribution is 2.35. The number of nitrogens with zero attached hydrogens (tertiary/aromatic N) is 4. The lowest BCUT2D eigenvalue weighted by atomic mass is 9.87. The Bertz CT molecular complexity index is 591. The van der Waals surface area contributed by atoms with Crippen molar-refractivity contribution >= 4 is 5.91 Å². The van der Waals surface area contributed by atoms with Crippen LogP contribution < -0.4 is 0 Å². The molecule has 0 N–H and O–H groups in total. The first-order valence-corrected chi connectivity index (χ1v) is 8.07. The average Bonchev–Trinajstić information content (AvgIpc) is 2.91. The summed E-state index contributed by atoms with van der Waals surface area (Å²) in [5, 5.41) is 0. The largest absolute Gasteiger partial charge is 0.339 e. The highest BCUT2D eigenvalue weighted by atomic mass is 19.1. The van der Waals surface area contributed by atoms with Crippen LogP contribution in [0.25, 0.3) is 0 Å². The number of likely N-dealkylation sites (tertiary alicyclic amines) is 1. The predicted molar refractivity (Wildman–Crippen MR) is 88.4 cm³/mol. The second-order valence-corrected chi connectivity index (χ2v) is 6.76. The molecular formula is C17H27FN4O. The van der Waals surface area contributed by atoms with E-state index in [2.05, 4.69) is 16.9 Å². The number of rotatable bonds is 4. The van der Waals surface area contributed by atoms with Gasteiger partial charge in [0.25, 0.3) is 5.91 Å². The number of aromatic nitrogens is 2. The van der Waals surface area contributed by atoms with Gasteiger partial charge in [0.1, 0.15) is 0 Å². The van der Waals surface area contributed by atoms with Crippen LogP contribution >= 0.6 is 0 Å². The number of carbonyl (C=O) groups excluding carboxylic acids is 1. The smallest absolute Gasteiger partial charge is 0.282 e. The first kappa shape index (κ1) is 17.7. The van der Waals surface area contributed by atoms with E-state index in [1.54, 1.807) is 27.2 Å². The highest BCUT2D eigenvalue weighted by Gasteiger charge is 2.34. The standard InChI is InChI=1S/C17H27FN4O/c1-12(2)15(18)17(23)21(4)10-13-7-6-8-20(3)16(13)14-9-19-11-22(14)5/h9,11,13,16H,6-8,10H2,1-5H3/t13-,16+/m0/s1. The van der Waals surface area contributed by atoms with E-state index < -0.39 is 11.7 Å². The van der Waals surface area contributed by atoms with Crippen molar-refractivity contribution < 1.29 is 9.18 Å². The molecule has 1 aromatic rings. The highest BCUT2D eigenvalue weighted by molar-refractivity contribution is 5.91. The lowest BCUT2D eigenvalue weighted by molar-refractivity contribution is -0.128. The molecule has 2 atom stereocenters. The Morgan fingerprint density at radius 3 is 2.70 bits per heavy atom. The minimum absolute atomic E-state index is 0.196. The molecule has 0 bridgehead atoms. The van der Waals surface area contributed by atoms with Crippen molar-refractivity contribution in [3.05, 3.63) is 29.6 Å². The van der Waals surface area contributed by atoms with Crippen LogP contribution in [0.1, 0.15) is 38.4 Å². The number of halogens is 1. The lowest BCUT2D eigenvalue weighted by Crippen LogP contribution is -2.43. The van der Waals surface area contributed by atoms with Crippen molar-refractivity contribution in [1.82, 2.24) is 19.4 Å². The Morgan fingerprint density at radius 2 is 2.13 bits per heavy atom. The van der Waals surface area contributed by atoms with Crippen molar-refractivity contribution in [2.75, 3.05) is 27.2 Å². The number of likely N-dealkylation sites (N-methyl/N-ethyl adjacent to an activating group) is 1. The monoisotopic (exact) mass is 322 g/mol. The Balaban J connectivity index is 2.18. The van der Waals surface area contributed by atoms with E-state index in [1.165, 1.54) is 4.90 Å². The third kappa shape index (κ3) is 3.80. The number of piperidine rings is 1. The number of hydrogen-bond donors (Lipinski definition) is 0. The van der Waals surface area contributed by atoms with Gasteiger partial charge in [-0.2, -0.15) is 0 Å². The molecule has 23 heavy (non-hydrogen) atoms. The molecule has 2 rings (SSSR count). The van der Waals surface area contributed by atoms with Crippen LogP contribution in [0.3, 0.4) is 0 Å². The van der Waals surface area contributed by atoms with Gasteiger partial charge in [-0.25, -0.2) is 9.37 Å². The van der Waals surface area contributed by atoms with Gasteiger partial charge in [0, 0.05) is 26.8 Å². The van der Waals surface area contributed by atoms with Crippen LogP contribution in [0.2, 0.25) is 0 Å². The topological polar surface area (TPSA) is 41.4 Å². The van der Waals surface area contributed by atoms with Gasteiger partial charge in [0.15, 0.2) is 5.83 Å². The fourth-order valence-corrected chi connectivity index (χ4v) is 3.39. The van der Waals surface area contributed by atoms with E-state index in [-0.39, 0.29) is 12.0 Å². The van der Waals surface area contributed by atoms with E-state index in [9.17, 15) is 9.18 Å². The molecule has 1 aliphatic heterocycles. The zero-order valence-electron chi connectivity index (χ0n) is 14.7. The van der Waals surface area contributed by atoms with E-state index >= 15 is 0 Å². The summed E-state index contributed by atoms with van der Waals surface area (Å²) in [6.07, 6.45) is 5.79. The third-order valence-corrected chi connectivity index (χ3v) is 4.65. The summed E-state index contributed by atoms with van der Waals surface area (Å²) in [5.41, 5.74) is 1.56. The molecule has 0 spiro atoms. The van der Waals surface area contributed by atoms with Crippen LogP contribution in [0.5, 0.6) is 0 Å². The van der Waals surface area contributed by atoms with Gasteiger partial charge in [-0.05, 0) is 51.8 Å². The van der Waals surface area contributed by atoms with Crippen LogP contribution in [0.4, 0.5) is 4.39 Å². The molecule has 5 nitrogen and oxygen atoms in total. The third-order valence-electron chi connectivity index (χ3n) is 4.65. The van der Waals surface area contributed by atoms with Crippen molar-refractivity contribution in [3.8, 4) is 0 Å². The number of allylic oxidation sites excluding steroid dienone is 1. The van der Waals surface area contributed by atoms with Gasteiger partial charge >= 0.3 is 0 Å². The summed E-state index contributed by atoms with van der Waals surface area (Å²) in [4.78, 5) is 20.2. The SMILES string of the molecule is CC(C)=C(F)C(=O)N(C)C[C@@H]1CCCN(C)[C@H]1c1cncn1C. The maximum atomic E-state index is 13.9. The Labute approximate surface area is 137 Å². The van der Waals surface area contributed by atoms with Crippen LogP contribution in [0.15, 0.2) is 23.9 Å². The molecule has 1 aromatic heterocycles. The molecule has 1 amide bonds. The first-order chi connectivity index (χ1) is 10.8. The van der Waals surface area contributed by atoms with E-state index in [0.717, 1.165) is 25.1 Å². The van der Waals surface area contributed by atoms with Gasteiger partial charge in [-0.3, -0.25) is 9.69 Å². The maximum absolute atomic E-state index is 13.9. The van der Waals surface area contributed by atoms with Crippen molar-refractivity contribution in [1.29, 1.82) is 0 Å². The lowest BCUT2D eigenvalue weighted by Gasteiger charge is -2.40. The summed E-state index contributed by atoms with van der Waals surface area (Å²) < 4.78 is 15.9. The molecule has 1 aliphatic rings. The molecule has 0 aliphatic carbocycles. The number of hydrogen-bond acceptors (Lipinski definition) is 3. The van der Waals surface area contributed by atoms with Gasteiger partial charge in [-0.15, -0.1) is 0 Å². The second-order valence-electron chi connectivity index (χ2n) is 6.76. The summed E-state index contributed by atoms with van der Waals surface area (Å²) in [6.45, 7) is 4.80. The van der Waals surface area contributed by atoms with Gasteiger partial charge < -0.3 is 9.47 Å². The average molecular weight is 322 g/mol. The van der Waals surface area contributed by atoms with Gasteiger partial charge in [-0.1, -0.05) is 0 Å². The summed E-state index contributed by atoms with van der Waals surface area (Å²) in [7, 11) is 5.77. The minimum atomic E-state index is -0.645. The molecule has 1 fully saturated rings. The molecule has 0 saturated carbocycles. The fraction of sp³-hybridized carbons (Fsp3) is 0.647. The Hall–Kier alpha value is -1.69. The fourth-order valence-electron chi connectivity index (χ4n) is 3.39. The summed E-state index contributed by atoms with van der Waals surface area (Å²) in [6, 6.07) is 0.196. The second kappa shape index (κ2) is 7.25. The summed E-state index contributed by atoms with van der Waals surface area (Å²) in [5.74, 6) is -0.904. The van der Waals surface area contributed by atoms with Crippen molar-refractivity contribution in [2.45, 2.75) is 32.7 Å². The van der Waals surface area contributed by atoms with Crippen molar-refractivity contribution in [2.24, 2.45) is 13.0 Å². The van der Waals surface area contributed by atoms with E-state index in [0.29, 0.717) is 12.1 Å². The summed E-state index contributed by atoms with van der Waals surface area (Å²) >= 11 is 0. The number of amides is 1. The van der Waals surface area contributed by atoms with Crippen LogP contribution in [-0.2, 0) is 11.8 Å². The van der Waals surface area contributed by atoms with Gasteiger partial charge in [0.2, 0.25) is 0 Å². The van der Waals surface area contributed by atoms with Crippen LogP contribution in [0, 0.1) is 5.92 Å².